The van der Waals surface area contributed by atoms with E-state index in [1.807, 2.05) is 13.8 Å². The Bertz CT molecular complexity index is 873. The summed E-state index contributed by atoms with van der Waals surface area (Å²) in [5, 5.41) is 23.7. The zero-order valence-electron chi connectivity index (χ0n) is 20.1. The average Bonchev–Trinajstić information content (AvgIpc) is 2.71. The van der Waals surface area contributed by atoms with Gasteiger partial charge in [0.2, 0.25) is 0 Å². The first-order chi connectivity index (χ1) is 15.0. The molecule has 1 aliphatic heterocycles. The summed E-state index contributed by atoms with van der Waals surface area (Å²) in [5.41, 5.74) is -7.41. The second-order valence-corrected chi connectivity index (χ2v) is 11.2. The molecule has 0 aromatic carbocycles. The van der Waals surface area contributed by atoms with E-state index in [0.717, 1.165) is 0 Å². The number of carbonyl (C=O) groups excluding carboxylic acids is 3. The number of hydrogen-bond donors (Lipinski definition) is 2. The normalized spacial score (nSPS) is 46.5. The van der Waals surface area contributed by atoms with Gasteiger partial charge in [-0.25, -0.2) is 0 Å². The number of ether oxygens (including phenoxy) is 3. The third kappa shape index (κ3) is 3.48. The van der Waals surface area contributed by atoms with Crippen molar-refractivity contribution >= 4 is 29.3 Å². The van der Waals surface area contributed by atoms with Crippen molar-refractivity contribution in [3.05, 3.63) is 12.7 Å². The van der Waals surface area contributed by atoms with E-state index in [9.17, 15) is 24.6 Å². The number of hydrogen-bond acceptors (Lipinski definition) is 8. The van der Waals surface area contributed by atoms with Gasteiger partial charge in [-0.1, -0.05) is 26.8 Å². The van der Waals surface area contributed by atoms with E-state index in [1.165, 1.54) is 19.9 Å². The molecule has 8 atom stereocenters. The molecule has 8 nitrogen and oxygen atoms in total. The first-order valence-corrected chi connectivity index (χ1v) is 11.8. The van der Waals surface area contributed by atoms with Crippen molar-refractivity contribution < 1.29 is 38.8 Å². The van der Waals surface area contributed by atoms with Crippen LogP contribution < -0.4 is 0 Å². The summed E-state index contributed by atoms with van der Waals surface area (Å²) in [6.45, 7) is 13.5. The van der Waals surface area contributed by atoms with Gasteiger partial charge in [-0.15, -0.1) is 18.2 Å². The maximum Gasteiger partial charge on any atom is 0.321 e. The topological polar surface area (TPSA) is 119 Å². The van der Waals surface area contributed by atoms with Crippen LogP contribution in [0.3, 0.4) is 0 Å². The largest absolute Gasteiger partial charge is 0.457 e. The van der Waals surface area contributed by atoms with Crippen LogP contribution in [0.4, 0.5) is 0 Å². The fourth-order valence-corrected chi connectivity index (χ4v) is 6.99. The van der Waals surface area contributed by atoms with Gasteiger partial charge in [0.25, 0.3) is 0 Å². The second-order valence-electron chi connectivity index (χ2n) is 11.0. The Morgan fingerprint density at radius 2 is 1.85 bits per heavy atom. The summed E-state index contributed by atoms with van der Waals surface area (Å²) in [4.78, 5) is 38.5. The van der Waals surface area contributed by atoms with Crippen LogP contribution in [0.15, 0.2) is 12.7 Å². The molecule has 0 spiro atoms. The number of esters is 2. The molecule has 9 heteroatoms. The predicted molar refractivity (Wildman–Crippen MR) is 119 cm³/mol. The molecule has 33 heavy (non-hydrogen) atoms. The van der Waals surface area contributed by atoms with Crippen molar-refractivity contribution in [2.75, 3.05) is 5.88 Å². The molecule has 0 unspecified atom stereocenters. The lowest BCUT2D eigenvalue weighted by molar-refractivity contribution is -0.370. The van der Waals surface area contributed by atoms with Crippen LogP contribution in [0.25, 0.3) is 0 Å². The van der Waals surface area contributed by atoms with Gasteiger partial charge < -0.3 is 24.4 Å². The van der Waals surface area contributed by atoms with Crippen molar-refractivity contribution in [2.24, 2.45) is 16.7 Å². The summed E-state index contributed by atoms with van der Waals surface area (Å²) in [6.07, 6.45) is -1.48. The minimum atomic E-state index is -2.26. The lowest BCUT2D eigenvalue weighted by atomic mass is 9.39. The number of carbonyl (C=O) groups is 3. The molecular weight excluding hydrogens is 452 g/mol. The van der Waals surface area contributed by atoms with Crippen LogP contribution in [0, 0.1) is 16.7 Å². The van der Waals surface area contributed by atoms with Crippen LogP contribution >= 0.6 is 11.6 Å². The number of halogens is 1. The molecule has 1 heterocycles. The highest BCUT2D eigenvalue weighted by atomic mass is 35.5. The summed E-state index contributed by atoms with van der Waals surface area (Å²) in [6, 6.07) is 0. The molecule has 186 valence electrons. The van der Waals surface area contributed by atoms with Crippen molar-refractivity contribution in [1.82, 2.24) is 0 Å². The van der Waals surface area contributed by atoms with E-state index in [2.05, 4.69) is 6.58 Å². The Hall–Kier alpha value is -1.48. The van der Waals surface area contributed by atoms with Gasteiger partial charge in [-0.2, -0.15) is 0 Å². The van der Waals surface area contributed by atoms with E-state index in [-0.39, 0.29) is 6.42 Å². The minimum Gasteiger partial charge on any atom is -0.457 e. The molecule has 0 aromatic heterocycles. The summed E-state index contributed by atoms with van der Waals surface area (Å²) in [5.74, 6) is -3.21. The highest BCUT2D eigenvalue weighted by molar-refractivity contribution is 6.26. The number of aliphatic hydroxyl groups is 2. The molecule has 0 bridgehead atoms. The van der Waals surface area contributed by atoms with Crippen LogP contribution in [0.1, 0.15) is 60.8 Å². The van der Waals surface area contributed by atoms with Gasteiger partial charge >= 0.3 is 11.9 Å². The Morgan fingerprint density at radius 1 is 1.24 bits per heavy atom. The van der Waals surface area contributed by atoms with Crippen molar-refractivity contribution in [3.8, 4) is 0 Å². The standard InChI is InChI=1S/C24H35ClO8/c1-8-21(5)11-15(28)24(30)22(6)14(27)9-10-20(3,4)18(22)17(32-16(29)12-25)19(31-13(2)26)23(24,7)33-21/h8,14,17-19,27,30H,1,9-12H2,2-7H3/t14-,17-,18-,19-,21-,22-,23+,24-/m0/s1. The Balaban J connectivity index is 2.38. The smallest absolute Gasteiger partial charge is 0.321 e. The monoisotopic (exact) mass is 486 g/mol. The Morgan fingerprint density at radius 3 is 2.36 bits per heavy atom. The highest BCUT2D eigenvalue weighted by Gasteiger charge is 2.82. The molecular formula is C24H35ClO8. The van der Waals surface area contributed by atoms with Gasteiger partial charge in [-0.05, 0) is 32.1 Å². The molecule has 3 rings (SSSR count). The fourth-order valence-electron chi connectivity index (χ4n) is 6.93. The van der Waals surface area contributed by atoms with E-state index in [1.54, 1.807) is 13.8 Å². The predicted octanol–water partition coefficient (Wildman–Crippen LogP) is 2.31. The SMILES string of the molecule is C=C[C@@]1(C)CC(=O)[C@]2(O)[C@@]3(C)[C@@H](O)CCC(C)(C)[C@@H]3[C@H](OC(=O)CCl)[C@H](OC(C)=O)[C@@]2(C)O1. The number of aliphatic hydroxyl groups excluding tert-OH is 1. The second kappa shape index (κ2) is 8.04. The maximum absolute atomic E-state index is 13.8. The molecule has 3 fully saturated rings. The molecule has 2 aliphatic carbocycles. The van der Waals surface area contributed by atoms with Gasteiger partial charge in [0.1, 0.15) is 17.6 Å². The molecule has 0 radical (unpaired) electrons. The lowest BCUT2D eigenvalue weighted by Crippen LogP contribution is -2.87. The maximum atomic E-state index is 13.8. The zero-order valence-corrected chi connectivity index (χ0v) is 20.9. The van der Waals surface area contributed by atoms with Crippen molar-refractivity contribution in [1.29, 1.82) is 0 Å². The first-order valence-electron chi connectivity index (χ1n) is 11.2. The van der Waals surface area contributed by atoms with E-state index in [0.29, 0.717) is 12.8 Å². The fraction of sp³-hybridized carbons (Fsp3) is 0.792. The van der Waals surface area contributed by atoms with Gasteiger partial charge in [0.15, 0.2) is 17.5 Å². The quantitative estimate of drug-likeness (QED) is 0.353. The lowest BCUT2D eigenvalue weighted by Gasteiger charge is -2.71. The molecule has 3 aliphatic rings. The number of fused-ring (bicyclic) bond motifs is 3. The first kappa shape index (κ1) is 26.1. The van der Waals surface area contributed by atoms with Crippen molar-refractivity contribution in [3.63, 3.8) is 0 Å². The molecule has 0 aromatic rings. The molecule has 2 saturated carbocycles. The summed E-state index contributed by atoms with van der Waals surface area (Å²) >= 11 is 5.74. The Labute approximate surface area is 199 Å². The molecule has 1 saturated heterocycles. The third-order valence-corrected chi connectivity index (χ3v) is 8.59. The van der Waals surface area contributed by atoms with Crippen LogP contribution in [-0.4, -0.2) is 68.9 Å². The number of ketones is 1. The third-order valence-electron chi connectivity index (χ3n) is 8.37. The average molecular weight is 487 g/mol. The number of rotatable bonds is 4. The molecule has 0 amide bonds. The van der Waals surface area contributed by atoms with Crippen LogP contribution in [-0.2, 0) is 28.6 Å². The minimum absolute atomic E-state index is 0.184. The van der Waals surface area contributed by atoms with E-state index in [4.69, 9.17) is 25.8 Å². The van der Waals surface area contributed by atoms with E-state index < -0.39 is 75.5 Å². The van der Waals surface area contributed by atoms with Crippen LogP contribution in [0.5, 0.6) is 0 Å². The van der Waals surface area contributed by atoms with Crippen molar-refractivity contribution in [2.45, 2.75) is 95.9 Å². The van der Waals surface area contributed by atoms with Gasteiger partial charge in [0.05, 0.1) is 11.7 Å². The Kier molecular flexibility index (Phi) is 6.37. The van der Waals surface area contributed by atoms with Gasteiger partial charge in [-0.3, -0.25) is 14.4 Å². The highest BCUT2D eigenvalue weighted by Crippen LogP contribution is 2.67. The summed E-state index contributed by atoms with van der Waals surface area (Å²) in [7, 11) is 0. The number of Topliss-reactive ketones (excluding diaryl/α,β-unsaturated/α-hetero) is 1. The van der Waals surface area contributed by atoms with E-state index >= 15 is 0 Å². The zero-order chi connectivity index (χ0) is 25.2. The summed E-state index contributed by atoms with van der Waals surface area (Å²) < 4.78 is 17.8. The van der Waals surface area contributed by atoms with Gasteiger partial charge in [0, 0.05) is 24.7 Å². The molecule has 2 N–H and O–H groups in total. The van der Waals surface area contributed by atoms with Crippen LogP contribution in [0.2, 0.25) is 0 Å². The number of alkyl halides is 1.